The smallest absolute Gasteiger partial charge is 0.348 e. The van der Waals surface area contributed by atoms with Crippen LogP contribution >= 0.6 is 0 Å². The van der Waals surface area contributed by atoms with Crippen LogP contribution in [0.2, 0.25) is 0 Å². The number of aryl methyl sites for hydroxylation is 1. The Morgan fingerprint density at radius 1 is 1.33 bits per heavy atom. The fraction of sp³-hybridized carbons (Fsp3) is 0.571. The number of amides is 1. The Morgan fingerprint density at radius 3 is 2.38 bits per heavy atom. The molecule has 1 aromatic rings. The normalized spacial score (nSPS) is 12.0. The van der Waals surface area contributed by atoms with E-state index in [-0.39, 0.29) is 12.3 Å². The molecule has 116 valence electrons. The molecule has 1 aromatic heterocycles. The molecule has 1 unspecified atom stereocenters. The number of nitrogens with zero attached hydrogens (tertiary/aromatic N) is 2. The van der Waals surface area contributed by atoms with Crippen LogP contribution in [-0.4, -0.2) is 33.6 Å². The Morgan fingerprint density at radius 2 is 1.95 bits per heavy atom. The van der Waals surface area contributed by atoms with Crippen molar-refractivity contribution >= 4 is 11.9 Å². The van der Waals surface area contributed by atoms with E-state index in [1.807, 2.05) is 13.8 Å². The zero-order valence-corrected chi connectivity index (χ0v) is 12.8. The molecular formula is C14H21N3O4. The van der Waals surface area contributed by atoms with Crippen molar-refractivity contribution in [2.75, 3.05) is 7.05 Å². The predicted molar refractivity (Wildman–Crippen MR) is 77.4 cm³/mol. The van der Waals surface area contributed by atoms with Gasteiger partial charge in [-0.1, -0.05) is 13.8 Å². The molecule has 2 N–H and O–H groups in total. The molecule has 7 nitrogen and oxygen atoms in total. The van der Waals surface area contributed by atoms with Crippen LogP contribution in [0.15, 0.2) is 4.79 Å². The van der Waals surface area contributed by atoms with Gasteiger partial charge in [-0.2, -0.15) is 4.98 Å². The van der Waals surface area contributed by atoms with Crippen molar-refractivity contribution in [1.29, 1.82) is 0 Å². The van der Waals surface area contributed by atoms with Gasteiger partial charge >= 0.3 is 11.7 Å². The van der Waals surface area contributed by atoms with Crippen molar-refractivity contribution in [3.05, 3.63) is 27.4 Å². The van der Waals surface area contributed by atoms with Gasteiger partial charge in [0, 0.05) is 18.3 Å². The number of aliphatic carboxylic acids is 1. The summed E-state index contributed by atoms with van der Waals surface area (Å²) in [7, 11) is 1.49. The van der Waals surface area contributed by atoms with Crippen molar-refractivity contribution in [3.8, 4) is 0 Å². The van der Waals surface area contributed by atoms with Crippen LogP contribution in [0, 0.1) is 0 Å². The van der Waals surface area contributed by atoms with Crippen LogP contribution in [0.25, 0.3) is 0 Å². The lowest BCUT2D eigenvalue weighted by atomic mass is 10.0. The Bertz CT molecular complexity index is 607. The summed E-state index contributed by atoms with van der Waals surface area (Å²) in [5, 5.41) is 11.6. The van der Waals surface area contributed by atoms with Crippen molar-refractivity contribution in [1.82, 2.24) is 14.9 Å². The topological polar surface area (TPSA) is 101 Å². The number of likely N-dealkylation sites (N-methyl/N-ethyl adjacent to an activating group) is 1. The van der Waals surface area contributed by atoms with Gasteiger partial charge in [-0.05, 0) is 19.8 Å². The molecule has 0 aliphatic rings. The second kappa shape index (κ2) is 7.01. The van der Waals surface area contributed by atoms with E-state index in [1.165, 1.54) is 11.6 Å². The maximum Gasteiger partial charge on any atom is 0.348 e. The lowest BCUT2D eigenvalue weighted by molar-refractivity contribution is -0.136. The fourth-order valence-corrected chi connectivity index (χ4v) is 2.42. The van der Waals surface area contributed by atoms with Crippen LogP contribution < -0.4 is 11.0 Å². The maximum absolute atomic E-state index is 12.2. The van der Waals surface area contributed by atoms with Crippen LogP contribution in [0.4, 0.5) is 0 Å². The SMILES string of the molecule is CCc1nc(=O)n(C(C)C(=O)NC)c(CC)c1CC(=O)O. The monoisotopic (exact) mass is 295 g/mol. The second-order valence-electron chi connectivity index (χ2n) is 4.70. The van der Waals surface area contributed by atoms with Gasteiger partial charge in [0.1, 0.15) is 6.04 Å². The Balaban J connectivity index is 3.60. The highest BCUT2D eigenvalue weighted by molar-refractivity contribution is 5.79. The molecule has 1 atom stereocenters. The number of hydrogen-bond donors (Lipinski definition) is 2. The summed E-state index contributed by atoms with van der Waals surface area (Å²) < 4.78 is 1.29. The Labute approximate surface area is 123 Å². The van der Waals surface area contributed by atoms with Crippen molar-refractivity contribution in [2.45, 2.75) is 46.1 Å². The number of carbonyl (C=O) groups excluding carboxylic acids is 1. The highest BCUT2D eigenvalue weighted by atomic mass is 16.4. The van der Waals surface area contributed by atoms with Crippen LogP contribution in [0.3, 0.4) is 0 Å². The summed E-state index contributed by atoms with van der Waals surface area (Å²) in [5.74, 6) is -1.31. The number of aromatic nitrogens is 2. The molecule has 0 aliphatic heterocycles. The number of carboxylic acids is 1. The number of carbonyl (C=O) groups is 2. The molecule has 0 saturated carbocycles. The van der Waals surface area contributed by atoms with E-state index in [1.54, 1.807) is 6.92 Å². The molecule has 7 heteroatoms. The Kier molecular flexibility index (Phi) is 5.63. The quantitative estimate of drug-likeness (QED) is 0.786. The van der Waals surface area contributed by atoms with Crippen molar-refractivity contribution in [3.63, 3.8) is 0 Å². The first kappa shape index (κ1) is 16.9. The maximum atomic E-state index is 12.2. The third-order valence-electron chi connectivity index (χ3n) is 3.44. The summed E-state index contributed by atoms with van der Waals surface area (Å²) in [6.07, 6.45) is 0.717. The average Bonchev–Trinajstić information content (AvgIpc) is 2.45. The molecule has 0 spiro atoms. The summed E-state index contributed by atoms with van der Waals surface area (Å²) in [6, 6.07) is -0.733. The van der Waals surface area contributed by atoms with Gasteiger partial charge in [0.15, 0.2) is 0 Å². The molecular weight excluding hydrogens is 274 g/mol. The molecule has 0 bridgehead atoms. The molecule has 0 saturated heterocycles. The van der Waals surface area contributed by atoms with Gasteiger partial charge in [0.2, 0.25) is 5.91 Å². The molecule has 0 aliphatic carbocycles. The second-order valence-corrected chi connectivity index (χ2v) is 4.70. The van der Waals surface area contributed by atoms with E-state index in [0.29, 0.717) is 29.8 Å². The van der Waals surface area contributed by atoms with Gasteiger partial charge < -0.3 is 10.4 Å². The van der Waals surface area contributed by atoms with E-state index in [2.05, 4.69) is 10.3 Å². The molecule has 1 heterocycles. The van der Waals surface area contributed by atoms with E-state index < -0.39 is 17.7 Å². The third-order valence-corrected chi connectivity index (χ3v) is 3.44. The molecule has 0 fully saturated rings. The first-order valence-corrected chi connectivity index (χ1v) is 6.93. The molecule has 0 radical (unpaired) electrons. The summed E-state index contributed by atoms with van der Waals surface area (Å²) in [6.45, 7) is 5.24. The van der Waals surface area contributed by atoms with E-state index in [4.69, 9.17) is 5.11 Å². The third kappa shape index (κ3) is 3.48. The molecule has 21 heavy (non-hydrogen) atoms. The first-order valence-electron chi connectivity index (χ1n) is 6.93. The summed E-state index contributed by atoms with van der Waals surface area (Å²) >= 11 is 0. The van der Waals surface area contributed by atoms with Crippen LogP contribution in [-0.2, 0) is 28.9 Å². The average molecular weight is 295 g/mol. The standard InChI is InChI=1S/C14H21N3O4/c1-5-10-9(7-12(18)19)11(6-2)17(14(21)16-10)8(3)13(20)15-4/h8H,5-7H2,1-4H3,(H,15,20)(H,18,19). The zero-order chi connectivity index (χ0) is 16.2. The minimum atomic E-state index is -0.987. The lowest BCUT2D eigenvalue weighted by Gasteiger charge is -2.21. The molecule has 1 rings (SSSR count). The Hall–Kier alpha value is -2.18. The fourth-order valence-electron chi connectivity index (χ4n) is 2.42. The van der Waals surface area contributed by atoms with Crippen molar-refractivity contribution < 1.29 is 14.7 Å². The summed E-state index contributed by atoms with van der Waals surface area (Å²) in [5.41, 5.74) is 1.06. The van der Waals surface area contributed by atoms with E-state index in [0.717, 1.165) is 0 Å². The van der Waals surface area contributed by atoms with E-state index >= 15 is 0 Å². The number of nitrogens with one attached hydrogen (secondary N) is 1. The number of hydrogen-bond acceptors (Lipinski definition) is 4. The summed E-state index contributed by atoms with van der Waals surface area (Å²) in [4.78, 5) is 39.0. The minimum Gasteiger partial charge on any atom is -0.481 e. The largest absolute Gasteiger partial charge is 0.481 e. The van der Waals surface area contributed by atoms with Gasteiger partial charge in [-0.15, -0.1) is 0 Å². The van der Waals surface area contributed by atoms with Gasteiger partial charge in [0.05, 0.1) is 12.1 Å². The minimum absolute atomic E-state index is 0.208. The first-order chi connectivity index (χ1) is 9.87. The van der Waals surface area contributed by atoms with E-state index in [9.17, 15) is 14.4 Å². The number of rotatable bonds is 6. The highest BCUT2D eigenvalue weighted by Crippen LogP contribution is 2.17. The lowest BCUT2D eigenvalue weighted by Crippen LogP contribution is -2.38. The zero-order valence-electron chi connectivity index (χ0n) is 12.8. The van der Waals surface area contributed by atoms with Crippen LogP contribution in [0.1, 0.15) is 43.8 Å². The predicted octanol–water partition coefficient (Wildman–Crippen LogP) is 0.302. The van der Waals surface area contributed by atoms with Gasteiger partial charge in [0.25, 0.3) is 0 Å². The number of carboxylic acid groups (broad SMARTS) is 1. The van der Waals surface area contributed by atoms with Gasteiger partial charge in [-0.25, -0.2) is 4.79 Å². The molecule has 0 aromatic carbocycles. The van der Waals surface area contributed by atoms with Gasteiger partial charge in [-0.3, -0.25) is 14.2 Å². The molecule has 1 amide bonds. The van der Waals surface area contributed by atoms with Crippen LogP contribution in [0.5, 0.6) is 0 Å². The highest BCUT2D eigenvalue weighted by Gasteiger charge is 2.23. The van der Waals surface area contributed by atoms with Crippen molar-refractivity contribution in [2.24, 2.45) is 0 Å².